The molecule has 0 spiro atoms. The van der Waals surface area contributed by atoms with E-state index in [0.717, 1.165) is 0 Å². The van der Waals surface area contributed by atoms with E-state index in [1.54, 1.807) is 13.8 Å². The van der Waals surface area contributed by atoms with Crippen molar-refractivity contribution in [1.29, 1.82) is 0 Å². The first kappa shape index (κ1) is 15.4. The second-order valence-electron chi connectivity index (χ2n) is 4.27. The van der Waals surface area contributed by atoms with Crippen LogP contribution in [-0.2, 0) is 17.8 Å². The van der Waals surface area contributed by atoms with Gasteiger partial charge in [0.15, 0.2) is 12.4 Å². The lowest BCUT2D eigenvalue weighted by molar-refractivity contribution is 0.0423. The van der Waals surface area contributed by atoms with Crippen molar-refractivity contribution in [3.63, 3.8) is 0 Å². The molecule has 8 heteroatoms. The number of carbonyl (C=O) groups excluding carboxylic acids is 1. The molecule has 21 heavy (non-hydrogen) atoms. The summed E-state index contributed by atoms with van der Waals surface area (Å²) in [4.78, 5) is 24.7. The van der Waals surface area contributed by atoms with E-state index >= 15 is 0 Å². The van der Waals surface area contributed by atoms with E-state index in [0.29, 0.717) is 34.4 Å². The molecule has 0 radical (unpaired) electrons. The number of rotatable bonds is 5. The van der Waals surface area contributed by atoms with Gasteiger partial charge in [0.1, 0.15) is 16.4 Å². The van der Waals surface area contributed by atoms with Crippen LogP contribution in [0.4, 0.5) is 0 Å². The Bertz CT molecular complexity index is 657. The first-order valence-electron chi connectivity index (χ1n) is 6.43. The average Bonchev–Trinajstić information content (AvgIpc) is 2.91. The predicted octanol–water partition coefficient (Wildman–Crippen LogP) is 2.12. The zero-order valence-corrected chi connectivity index (χ0v) is 13.2. The highest BCUT2D eigenvalue weighted by atomic mass is 32.2. The number of carbonyl (C=O) groups is 1. The molecule has 0 fully saturated rings. The minimum atomic E-state index is -0.493. The molecule has 2 aromatic heterocycles. The highest BCUT2D eigenvalue weighted by Crippen LogP contribution is 2.21. The second-order valence-corrected chi connectivity index (χ2v) is 5.07. The van der Waals surface area contributed by atoms with Gasteiger partial charge in [0.25, 0.3) is 5.89 Å². The molecular weight excluding hydrogens is 292 g/mol. The van der Waals surface area contributed by atoms with Crippen LogP contribution in [0, 0.1) is 13.8 Å². The standard InChI is InChI=1S/C13H16N4O3S/c1-5-9-16-10(20-17-9)6-19-13(18)11-7(2)14-8(3)15-12(11)21-4/h5-6H2,1-4H3. The Labute approximate surface area is 126 Å². The van der Waals surface area contributed by atoms with Crippen molar-refractivity contribution >= 4 is 17.7 Å². The van der Waals surface area contributed by atoms with Crippen LogP contribution in [0.2, 0.25) is 0 Å². The molecule has 0 saturated heterocycles. The maximum Gasteiger partial charge on any atom is 0.343 e. The molecule has 0 amide bonds. The quantitative estimate of drug-likeness (QED) is 0.471. The summed E-state index contributed by atoms with van der Waals surface area (Å²) in [5, 5.41) is 4.34. The van der Waals surface area contributed by atoms with Crippen molar-refractivity contribution in [3.8, 4) is 0 Å². The van der Waals surface area contributed by atoms with Gasteiger partial charge in [-0.2, -0.15) is 4.98 Å². The summed E-state index contributed by atoms with van der Waals surface area (Å²) >= 11 is 1.38. The Morgan fingerprint density at radius 2 is 2.05 bits per heavy atom. The molecule has 2 rings (SSSR count). The molecule has 0 N–H and O–H groups in total. The molecule has 2 heterocycles. The Morgan fingerprint density at radius 3 is 2.67 bits per heavy atom. The summed E-state index contributed by atoms with van der Waals surface area (Å²) in [7, 11) is 0. The van der Waals surface area contributed by atoms with Gasteiger partial charge in [-0.05, 0) is 20.1 Å². The number of hydrogen-bond acceptors (Lipinski definition) is 8. The topological polar surface area (TPSA) is 91.0 Å². The van der Waals surface area contributed by atoms with Gasteiger partial charge in [-0.3, -0.25) is 0 Å². The monoisotopic (exact) mass is 308 g/mol. The molecule has 7 nitrogen and oxygen atoms in total. The van der Waals surface area contributed by atoms with E-state index in [9.17, 15) is 4.79 Å². The zero-order chi connectivity index (χ0) is 15.4. The fourth-order valence-corrected chi connectivity index (χ4v) is 2.41. The van der Waals surface area contributed by atoms with Gasteiger partial charge in [0, 0.05) is 6.42 Å². The third-order valence-corrected chi connectivity index (χ3v) is 3.40. The number of aromatic nitrogens is 4. The summed E-state index contributed by atoms with van der Waals surface area (Å²) in [6.45, 7) is 5.39. The number of hydrogen-bond donors (Lipinski definition) is 0. The third-order valence-electron chi connectivity index (χ3n) is 2.72. The Balaban J connectivity index is 2.13. The van der Waals surface area contributed by atoms with E-state index in [1.165, 1.54) is 11.8 Å². The van der Waals surface area contributed by atoms with E-state index in [-0.39, 0.29) is 12.5 Å². The smallest absolute Gasteiger partial charge is 0.343 e. The van der Waals surface area contributed by atoms with Gasteiger partial charge in [0.05, 0.1) is 5.69 Å². The number of esters is 1. The zero-order valence-electron chi connectivity index (χ0n) is 12.3. The van der Waals surface area contributed by atoms with Crippen molar-refractivity contribution in [2.45, 2.75) is 38.8 Å². The molecule has 0 aromatic carbocycles. The number of nitrogens with zero attached hydrogens (tertiary/aromatic N) is 4. The third kappa shape index (κ3) is 3.57. The van der Waals surface area contributed by atoms with Crippen molar-refractivity contribution in [3.05, 3.63) is 28.8 Å². The molecule has 0 aliphatic carbocycles. The molecule has 0 atom stereocenters. The van der Waals surface area contributed by atoms with Crippen molar-refractivity contribution in [1.82, 2.24) is 20.1 Å². The van der Waals surface area contributed by atoms with Gasteiger partial charge in [0.2, 0.25) is 0 Å². The van der Waals surface area contributed by atoms with Crippen LogP contribution in [0.15, 0.2) is 9.55 Å². The molecule has 2 aromatic rings. The highest BCUT2D eigenvalue weighted by Gasteiger charge is 2.20. The van der Waals surface area contributed by atoms with E-state index < -0.39 is 5.97 Å². The highest BCUT2D eigenvalue weighted by molar-refractivity contribution is 7.98. The lowest BCUT2D eigenvalue weighted by Gasteiger charge is -2.09. The minimum absolute atomic E-state index is 0.0625. The summed E-state index contributed by atoms with van der Waals surface area (Å²) < 4.78 is 10.2. The summed E-state index contributed by atoms with van der Waals surface area (Å²) in [6, 6.07) is 0. The predicted molar refractivity (Wildman–Crippen MR) is 76.1 cm³/mol. The van der Waals surface area contributed by atoms with Crippen LogP contribution < -0.4 is 0 Å². The second kappa shape index (κ2) is 6.66. The molecule has 0 unspecified atom stereocenters. The molecule has 0 aliphatic rings. The van der Waals surface area contributed by atoms with E-state index in [1.807, 2.05) is 13.2 Å². The van der Waals surface area contributed by atoms with Crippen LogP contribution in [0.1, 0.15) is 40.5 Å². The Morgan fingerprint density at radius 1 is 1.29 bits per heavy atom. The van der Waals surface area contributed by atoms with Crippen molar-refractivity contribution in [2.24, 2.45) is 0 Å². The normalized spacial score (nSPS) is 10.7. The summed E-state index contributed by atoms with van der Waals surface area (Å²) in [5.41, 5.74) is 0.972. The summed E-state index contributed by atoms with van der Waals surface area (Å²) in [5.74, 6) is 0.989. The summed E-state index contributed by atoms with van der Waals surface area (Å²) in [6.07, 6.45) is 2.52. The fourth-order valence-electron chi connectivity index (χ4n) is 1.76. The maximum atomic E-state index is 12.2. The molecule has 112 valence electrons. The first-order chi connectivity index (χ1) is 10.0. The largest absolute Gasteiger partial charge is 0.452 e. The van der Waals surface area contributed by atoms with Gasteiger partial charge in [-0.15, -0.1) is 11.8 Å². The van der Waals surface area contributed by atoms with Crippen LogP contribution in [0.3, 0.4) is 0 Å². The number of ether oxygens (including phenoxy) is 1. The minimum Gasteiger partial charge on any atom is -0.452 e. The number of aryl methyl sites for hydroxylation is 3. The van der Waals surface area contributed by atoms with Crippen LogP contribution in [0.25, 0.3) is 0 Å². The van der Waals surface area contributed by atoms with Gasteiger partial charge in [-0.1, -0.05) is 12.1 Å². The lowest BCUT2D eigenvalue weighted by Crippen LogP contribution is -2.12. The van der Waals surface area contributed by atoms with Crippen molar-refractivity contribution < 1.29 is 14.1 Å². The Kier molecular flexibility index (Phi) is 4.89. The number of thioether (sulfide) groups is 1. The lowest BCUT2D eigenvalue weighted by atomic mass is 10.2. The van der Waals surface area contributed by atoms with Crippen LogP contribution in [-0.4, -0.2) is 32.3 Å². The average molecular weight is 308 g/mol. The van der Waals surface area contributed by atoms with E-state index in [2.05, 4.69) is 20.1 Å². The van der Waals surface area contributed by atoms with Crippen LogP contribution in [0.5, 0.6) is 0 Å². The van der Waals surface area contributed by atoms with Crippen molar-refractivity contribution in [2.75, 3.05) is 6.26 Å². The molecule has 0 bridgehead atoms. The van der Waals surface area contributed by atoms with Gasteiger partial charge < -0.3 is 9.26 Å². The fraction of sp³-hybridized carbons (Fsp3) is 0.462. The molecular formula is C13H16N4O3S. The SMILES string of the molecule is CCc1noc(COC(=O)c2c(C)nc(C)nc2SC)n1. The van der Waals surface area contributed by atoms with Crippen LogP contribution >= 0.6 is 11.8 Å². The molecule has 0 saturated carbocycles. The molecule has 0 aliphatic heterocycles. The van der Waals surface area contributed by atoms with Gasteiger partial charge in [-0.25, -0.2) is 14.8 Å². The Hall–Kier alpha value is -1.96. The first-order valence-corrected chi connectivity index (χ1v) is 7.65. The maximum absolute atomic E-state index is 12.2. The van der Waals surface area contributed by atoms with E-state index in [4.69, 9.17) is 9.26 Å². The van der Waals surface area contributed by atoms with Gasteiger partial charge >= 0.3 is 5.97 Å².